The third kappa shape index (κ3) is 2.63. The maximum absolute atomic E-state index is 11.6. The van der Waals surface area contributed by atoms with Crippen LogP contribution in [0.3, 0.4) is 0 Å². The summed E-state index contributed by atoms with van der Waals surface area (Å²) in [5, 5.41) is 1.90. The number of aldehydes is 1. The molecule has 1 fully saturated rings. The molecule has 4 rings (SSSR count). The molecule has 0 aliphatic carbocycles. The van der Waals surface area contributed by atoms with Gasteiger partial charge in [0.05, 0.1) is 5.69 Å². The second-order valence-electron chi connectivity index (χ2n) is 6.21. The quantitative estimate of drug-likeness (QED) is 0.667. The van der Waals surface area contributed by atoms with E-state index in [1.54, 1.807) is 0 Å². The predicted molar refractivity (Wildman–Crippen MR) is 98.1 cm³/mol. The van der Waals surface area contributed by atoms with Gasteiger partial charge in [-0.05, 0) is 23.3 Å². The number of carbonyl (C=O) groups is 1. The Hall–Kier alpha value is -2.91. The van der Waals surface area contributed by atoms with E-state index in [1.807, 2.05) is 71.8 Å². The van der Waals surface area contributed by atoms with Gasteiger partial charge in [0.1, 0.15) is 11.6 Å². The molecule has 0 spiro atoms. The van der Waals surface area contributed by atoms with Crippen LogP contribution >= 0.6 is 0 Å². The number of hydrogen-bond donors (Lipinski definition) is 0. The molecule has 0 amide bonds. The van der Waals surface area contributed by atoms with Crippen LogP contribution in [0, 0.1) is 0 Å². The van der Waals surface area contributed by atoms with Crippen LogP contribution in [-0.2, 0) is 15.2 Å². The molecule has 0 N–H and O–H groups in total. The molecule has 3 nitrogen and oxygen atoms in total. The molecule has 3 heteroatoms. The first-order chi connectivity index (χ1) is 12.3. The van der Waals surface area contributed by atoms with Crippen molar-refractivity contribution < 1.29 is 9.63 Å². The molecule has 3 aromatic carbocycles. The minimum atomic E-state index is -0.546. The smallest absolute Gasteiger partial charge is 0.151 e. The van der Waals surface area contributed by atoms with E-state index in [4.69, 9.17) is 4.84 Å². The summed E-state index contributed by atoms with van der Waals surface area (Å²) in [4.78, 5) is 17.7. The number of rotatable bonds is 4. The minimum absolute atomic E-state index is 0.486. The fraction of sp³-hybridized carbons (Fsp3) is 0.136. The zero-order chi connectivity index (χ0) is 17.1. The second-order valence-corrected chi connectivity index (χ2v) is 6.21. The molecule has 0 saturated carbocycles. The lowest BCUT2D eigenvalue weighted by Crippen LogP contribution is -2.41. The fourth-order valence-electron chi connectivity index (χ4n) is 3.62. The molecule has 0 bridgehead atoms. The SMILES string of the molecule is O=CC1CC(c2ccccc2)(c2ccccc2)N(c2ccccc2)O1. The lowest BCUT2D eigenvalue weighted by Gasteiger charge is -2.38. The molecule has 1 aliphatic rings. The average Bonchev–Trinajstić information content (AvgIpc) is 3.11. The van der Waals surface area contributed by atoms with Gasteiger partial charge in [-0.25, -0.2) is 5.06 Å². The zero-order valence-electron chi connectivity index (χ0n) is 13.8. The van der Waals surface area contributed by atoms with Gasteiger partial charge in [-0.3, -0.25) is 4.84 Å². The molecule has 1 unspecified atom stereocenters. The minimum Gasteiger partial charge on any atom is -0.300 e. The normalized spacial score (nSPS) is 18.9. The number of nitrogens with zero attached hydrogens (tertiary/aromatic N) is 1. The summed E-state index contributed by atoms with van der Waals surface area (Å²) in [6.45, 7) is 0. The summed E-state index contributed by atoms with van der Waals surface area (Å²) in [7, 11) is 0. The first-order valence-electron chi connectivity index (χ1n) is 8.43. The van der Waals surface area contributed by atoms with Crippen LogP contribution in [0.5, 0.6) is 0 Å². The van der Waals surface area contributed by atoms with Crippen molar-refractivity contribution >= 4 is 12.0 Å². The van der Waals surface area contributed by atoms with Gasteiger partial charge in [0.15, 0.2) is 6.29 Å². The number of hydroxylamine groups is 1. The highest BCUT2D eigenvalue weighted by Crippen LogP contribution is 2.47. The van der Waals surface area contributed by atoms with Gasteiger partial charge in [0.25, 0.3) is 0 Å². The topological polar surface area (TPSA) is 29.5 Å². The van der Waals surface area contributed by atoms with Crippen molar-refractivity contribution in [2.75, 3.05) is 5.06 Å². The van der Waals surface area contributed by atoms with Crippen molar-refractivity contribution in [1.29, 1.82) is 0 Å². The van der Waals surface area contributed by atoms with Crippen molar-refractivity contribution in [2.45, 2.75) is 18.1 Å². The van der Waals surface area contributed by atoms with E-state index in [9.17, 15) is 4.79 Å². The van der Waals surface area contributed by atoms with E-state index in [1.165, 1.54) is 0 Å². The second kappa shape index (κ2) is 6.54. The first-order valence-corrected chi connectivity index (χ1v) is 8.43. The van der Waals surface area contributed by atoms with E-state index in [2.05, 4.69) is 24.3 Å². The standard InChI is InChI=1S/C22H19NO2/c24-17-21-16-22(18-10-4-1-5-11-18,19-12-6-2-7-13-19)23(25-21)20-14-8-3-9-15-20/h1-15,17,21H,16H2. The van der Waals surface area contributed by atoms with Crippen LogP contribution in [-0.4, -0.2) is 12.4 Å². The summed E-state index contributed by atoms with van der Waals surface area (Å²) in [5.41, 5.74) is 2.60. The van der Waals surface area contributed by atoms with Gasteiger partial charge >= 0.3 is 0 Å². The first kappa shape index (κ1) is 15.6. The summed E-state index contributed by atoms with van der Waals surface area (Å²) in [6.07, 6.45) is 0.976. The Kier molecular flexibility index (Phi) is 4.08. The van der Waals surface area contributed by atoms with E-state index in [0.717, 1.165) is 23.1 Å². The molecular weight excluding hydrogens is 310 g/mol. The largest absolute Gasteiger partial charge is 0.300 e. The fourth-order valence-corrected chi connectivity index (χ4v) is 3.62. The predicted octanol–water partition coefficient (Wildman–Crippen LogP) is 4.34. The summed E-state index contributed by atoms with van der Waals surface area (Å²) < 4.78 is 0. The molecular formula is C22H19NO2. The number of hydrogen-bond acceptors (Lipinski definition) is 3. The molecule has 1 atom stereocenters. The van der Waals surface area contributed by atoms with Gasteiger partial charge in [-0.15, -0.1) is 0 Å². The molecule has 124 valence electrons. The van der Waals surface area contributed by atoms with E-state index < -0.39 is 11.6 Å². The molecule has 1 aliphatic heterocycles. The van der Waals surface area contributed by atoms with Crippen LogP contribution in [0.2, 0.25) is 0 Å². The van der Waals surface area contributed by atoms with Gasteiger partial charge in [0, 0.05) is 6.42 Å². The summed E-state index contributed by atoms with van der Waals surface area (Å²) >= 11 is 0. The molecule has 0 radical (unpaired) electrons. The van der Waals surface area contributed by atoms with Gasteiger partial charge in [-0.2, -0.15) is 0 Å². The third-order valence-corrected chi connectivity index (χ3v) is 4.73. The van der Waals surface area contributed by atoms with Gasteiger partial charge in [-0.1, -0.05) is 78.9 Å². The maximum Gasteiger partial charge on any atom is 0.151 e. The molecule has 25 heavy (non-hydrogen) atoms. The highest BCUT2D eigenvalue weighted by atomic mass is 16.7. The monoisotopic (exact) mass is 329 g/mol. The van der Waals surface area contributed by atoms with Crippen molar-refractivity contribution in [3.8, 4) is 0 Å². The lowest BCUT2D eigenvalue weighted by atomic mass is 9.79. The van der Waals surface area contributed by atoms with E-state index in [-0.39, 0.29) is 0 Å². The lowest BCUT2D eigenvalue weighted by molar-refractivity contribution is -0.116. The van der Waals surface area contributed by atoms with Crippen LogP contribution < -0.4 is 5.06 Å². The number of anilines is 1. The maximum atomic E-state index is 11.6. The Balaban J connectivity index is 1.96. The number of para-hydroxylation sites is 1. The molecule has 1 heterocycles. The van der Waals surface area contributed by atoms with Crippen molar-refractivity contribution in [2.24, 2.45) is 0 Å². The zero-order valence-corrected chi connectivity index (χ0v) is 13.8. The Morgan fingerprint density at radius 2 is 1.28 bits per heavy atom. The Morgan fingerprint density at radius 1 is 0.800 bits per heavy atom. The number of carbonyl (C=O) groups excluding carboxylic acids is 1. The van der Waals surface area contributed by atoms with Gasteiger partial charge in [0.2, 0.25) is 0 Å². The van der Waals surface area contributed by atoms with Crippen LogP contribution in [0.4, 0.5) is 5.69 Å². The molecule has 1 saturated heterocycles. The Bertz CT molecular complexity index is 794. The number of benzene rings is 3. The van der Waals surface area contributed by atoms with Crippen molar-refractivity contribution in [3.63, 3.8) is 0 Å². The van der Waals surface area contributed by atoms with E-state index in [0.29, 0.717) is 6.42 Å². The van der Waals surface area contributed by atoms with Crippen LogP contribution in [0.15, 0.2) is 91.0 Å². The molecule has 3 aromatic rings. The highest BCUT2D eigenvalue weighted by Gasteiger charge is 2.50. The van der Waals surface area contributed by atoms with Gasteiger partial charge < -0.3 is 4.79 Å². The average molecular weight is 329 g/mol. The van der Waals surface area contributed by atoms with E-state index >= 15 is 0 Å². The van der Waals surface area contributed by atoms with Crippen LogP contribution in [0.25, 0.3) is 0 Å². The summed E-state index contributed by atoms with van der Waals surface area (Å²) in [5.74, 6) is 0. The Morgan fingerprint density at radius 3 is 1.76 bits per heavy atom. The Labute approximate surface area is 147 Å². The van der Waals surface area contributed by atoms with Crippen molar-refractivity contribution in [3.05, 3.63) is 102 Å². The molecule has 0 aromatic heterocycles. The summed E-state index contributed by atoms with van der Waals surface area (Å²) in [6, 6.07) is 30.4. The van der Waals surface area contributed by atoms with Crippen LogP contribution in [0.1, 0.15) is 17.5 Å². The third-order valence-electron chi connectivity index (χ3n) is 4.73. The highest BCUT2D eigenvalue weighted by molar-refractivity contribution is 5.63. The van der Waals surface area contributed by atoms with Crippen molar-refractivity contribution in [1.82, 2.24) is 0 Å².